The molecule has 172 valence electrons. The number of rotatable bonds is 9. The topological polar surface area (TPSA) is 74.2 Å². The minimum Gasteiger partial charge on any atom is -0.494 e. The fourth-order valence-corrected chi connectivity index (χ4v) is 3.72. The molecule has 2 rings (SSSR count). The van der Waals surface area contributed by atoms with E-state index in [1.807, 2.05) is 33.0 Å². The summed E-state index contributed by atoms with van der Waals surface area (Å²) in [6.45, 7) is 6.57. The van der Waals surface area contributed by atoms with Crippen LogP contribution in [0.5, 0.6) is 5.75 Å². The van der Waals surface area contributed by atoms with E-state index in [1.165, 1.54) is 18.4 Å². The Kier molecular flexibility index (Phi) is 11.3. The van der Waals surface area contributed by atoms with Crippen LogP contribution in [0.15, 0.2) is 58.4 Å². The highest BCUT2D eigenvalue weighted by atomic mass is 127. The van der Waals surface area contributed by atoms with Gasteiger partial charge in [0.15, 0.2) is 5.96 Å². The third-order valence-electron chi connectivity index (χ3n) is 4.46. The zero-order valence-corrected chi connectivity index (χ0v) is 22.0. The lowest BCUT2D eigenvalue weighted by Crippen LogP contribution is -2.38. The molecule has 31 heavy (non-hydrogen) atoms. The summed E-state index contributed by atoms with van der Waals surface area (Å²) in [5.41, 5.74) is 2.10. The van der Waals surface area contributed by atoms with E-state index >= 15 is 0 Å². The third kappa shape index (κ3) is 7.97. The maximum Gasteiger partial charge on any atom is 0.242 e. The second kappa shape index (κ2) is 12.9. The van der Waals surface area contributed by atoms with Crippen LogP contribution in [0.4, 0.5) is 0 Å². The zero-order chi connectivity index (χ0) is 22.1. The molecule has 0 saturated carbocycles. The summed E-state index contributed by atoms with van der Waals surface area (Å²) in [5.74, 6) is 1.65. The molecule has 0 atom stereocenters. The minimum absolute atomic E-state index is 0. The van der Waals surface area contributed by atoms with Gasteiger partial charge in [0.1, 0.15) is 5.75 Å². The van der Waals surface area contributed by atoms with Crippen molar-refractivity contribution >= 4 is 40.0 Å². The Morgan fingerprint density at radius 3 is 2.06 bits per heavy atom. The molecule has 9 heteroatoms. The number of nitrogens with zero attached hydrogens (tertiary/aromatic N) is 3. The van der Waals surface area contributed by atoms with E-state index in [4.69, 9.17) is 9.73 Å². The Hall–Kier alpha value is -1.85. The number of sulfonamides is 1. The molecule has 0 aliphatic carbocycles. The van der Waals surface area contributed by atoms with Crippen LogP contribution in [0.3, 0.4) is 0 Å². The highest BCUT2D eigenvalue weighted by Gasteiger charge is 2.16. The largest absolute Gasteiger partial charge is 0.494 e. The first kappa shape index (κ1) is 27.2. The first-order chi connectivity index (χ1) is 14.3. The van der Waals surface area contributed by atoms with Crippen molar-refractivity contribution in [2.45, 2.75) is 31.8 Å². The summed E-state index contributed by atoms with van der Waals surface area (Å²) in [6, 6.07) is 14.9. The van der Waals surface area contributed by atoms with Gasteiger partial charge in [-0.25, -0.2) is 17.7 Å². The van der Waals surface area contributed by atoms with Gasteiger partial charge in [0.05, 0.1) is 18.0 Å². The second-order valence-corrected chi connectivity index (χ2v) is 9.19. The van der Waals surface area contributed by atoms with Crippen molar-refractivity contribution in [1.82, 2.24) is 14.5 Å². The molecule has 0 aromatic heterocycles. The zero-order valence-electron chi connectivity index (χ0n) is 18.8. The van der Waals surface area contributed by atoms with Crippen LogP contribution < -0.4 is 10.1 Å². The summed E-state index contributed by atoms with van der Waals surface area (Å²) in [4.78, 5) is 7.04. The van der Waals surface area contributed by atoms with Gasteiger partial charge in [-0.2, -0.15) is 0 Å². The molecule has 2 aromatic rings. The molecule has 7 nitrogen and oxygen atoms in total. The monoisotopic (exact) mass is 560 g/mol. The molecular weight excluding hydrogens is 527 g/mol. The Bertz CT molecular complexity index is 930. The average molecular weight is 561 g/mol. The predicted molar refractivity (Wildman–Crippen MR) is 137 cm³/mol. The summed E-state index contributed by atoms with van der Waals surface area (Å²) in [7, 11) is 1.62. The average Bonchev–Trinajstić information content (AvgIpc) is 2.73. The van der Waals surface area contributed by atoms with E-state index in [1.54, 1.807) is 24.3 Å². The van der Waals surface area contributed by atoms with Crippen LogP contribution in [-0.4, -0.2) is 57.9 Å². The lowest BCUT2D eigenvalue weighted by atomic mass is 10.2. The van der Waals surface area contributed by atoms with E-state index in [2.05, 4.69) is 22.3 Å². The third-order valence-corrected chi connectivity index (χ3v) is 6.29. The van der Waals surface area contributed by atoms with E-state index in [0.717, 1.165) is 29.4 Å². The molecule has 2 aromatic carbocycles. The standard InChI is InChI=1S/C22H32N4O3S.HI/c1-6-23-22(26(5)17-19-8-12-20(13-9-19)29-7-2)24-16-18-10-14-21(15-11-18)30(27,28)25(3)4;/h8-15H,6-7,16-17H2,1-5H3,(H,23,24);1H. The second-order valence-electron chi connectivity index (χ2n) is 7.03. The van der Waals surface area contributed by atoms with Gasteiger partial charge >= 0.3 is 0 Å². The Labute approximate surface area is 203 Å². The molecule has 1 N–H and O–H groups in total. The van der Waals surface area contributed by atoms with Crippen LogP contribution >= 0.6 is 24.0 Å². The highest BCUT2D eigenvalue weighted by Crippen LogP contribution is 2.15. The molecule has 0 amide bonds. The van der Waals surface area contributed by atoms with Gasteiger partial charge in [0.25, 0.3) is 0 Å². The molecule has 0 radical (unpaired) electrons. The number of ether oxygens (including phenoxy) is 1. The van der Waals surface area contributed by atoms with Gasteiger partial charge in [-0.15, -0.1) is 24.0 Å². The number of halogens is 1. The number of hydrogen-bond donors (Lipinski definition) is 1. The molecule has 0 saturated heterocycles. The van der Waals surface area contributed by atoms with Crippen molar-refractivity contribution in [2.24, 2.45) is 4.99 Å². The lowest BCUT2D eigenvalue weighted by Gasteiger charge is -2.22. The number of benzene rings is 2. The number of nitrogens with one attached hydrogen (secondary N) is 1. The Balaban J connectivity index is 0.00000480. The van der Waals surface area contributed by atoms with Gasteiger partial charge in [0.2, 0.25) is 10.0 Å². The van der Waals surface area contributed by atoms with Crippen molar-refractivity contribution in [3.8, 4) is 5.75 Å². The maximum atomic E-state index is 12.2. The van der Waals surface area contributed by atoms with Crippen LogP contribution in [0.2, 0.25) is 0 Å². The maximum absolute atomic E-state index is 12.2. The fraction of sp³-hybridized carbons (Fsp3) is 0.409. The van der Waals surface area contributed by atoms with Crippen molar-refractivity contribution in [3.63, 3.8) is 0 Å². The van der Waals surface area contributed by atoms with Crippen LogP contribution in [-0.2, 0) is 23.1 Å². The van der Waals surface area contributed by atoms with E-state index < -0.39 is 10.0 Å². The highest BCUT2D eigenvalue weighted by molar-refractivity contribution is 14.0. The van der Waals surface area contributed by atoms with E-state index in [9.17, 15) is 8.42 Å². The predicted octanol–water partition coefficient (Wildman–Crippen LogP) is 3.55. The van der Waals surface area contributed by atoms with Gasteiger partial charge < -0.3 is 15.0 Å². The van der Waals surface area contributed by atoms with Crippen molar-refractivity contribution in [3.05, 3.63) is 59.7 Å². The molecule has 0 heterocycles. The Morgan fingerprint density at radius 2 is 1.55 bits per heavy atom. The minimum atomic E-state index is -3.42. The van der Waals surface area contributed by atoms with Crippen molar-refractivity contribution < 1.29 is 13.2 Å². The quantitative estimate of drug-likeness (QED) is 0.289. The van der Waals surface area contributed by atoms with Crippen LogP contribution in [0, 0.1) is 0 Å². The molecule has 0 spiro atoms. The van der Waals surface area contributed by atoms with Crippen molar-refractivity contribution in [1.29, 1.82) is 0 Å². The fourth-order valence-electron chi connectivity index (χ4n) is 2.82. The first-order valence-corrected chi connectivity index (χ1v) is 11.4. The number of hydrogen-bond acceptors (Lipinski definition) is 4. The number of aliphatic imine (C=N–C) groups is 1. The smallest absolute Gasteiger partial charge is 0.242 e. The molecule has 0 aliphatic heterocycles. The summed E-state index contributed by atoms with van der Waals surface area (Å²) in [5, 5.41) is 3.30. The molecule has 0 fully saturated rings. The first-order valence-electron chi connectivity index (χ1n) is 10.0. The van der Waals surface area contributed by atoms with Crippen LogP contribution in [0.25, 0.3) is 0 Å². The number of guanidine groups is 1. The summed E-state index contributed by atoms with van der Waals surface area (Å²) >= 11 is 0. The Morgan fingerprint density at radius 1 is 0.968 bits per heavy atom. The van der Waals surface area contributed by atoms with Crippen molar-refractivity contribution in [2.75, 3.05) is 34.3 Å². The van der Waals surface area contributed by atoms with Gasteiger partial charge in [-0.05, 0) is 49.2 Å². The molecular formula is C22H33IN4O3S. The summed E-state index contributed by atoms with van der Waals surface area (Å²) in [6.07, 6.45) is 0. The van der Waals surface area contributed by atoms with Gasteiger partial charge in [-0.1, -0.05) is 24.3 Å². The lowest BCUT2D eigenvalue weighted by molar-refractivity contribution is 0.340. The molecule has 0 bridgehead atoms. The molecule has 0 aliphatic rings. The van der Waals surface area contributed by atoms with E-state index in [0.29, 0.717) is 19.7 Å². The molecule has 0 unspecified atom stereocenters. The van der Waals surface area contributed by atoms with Gasteiger partial charge in [-0.3, -0.25) is 0 Å². The summed E-state index contributed by atoms with van der Waals surface area (Å²) < 4.78 is 31.1. The van der Waals surface area contributed by atoms with Gasteiger partial charge in [0, 0.05) is 34.2 Å². The normalized spacial score (nSPS) is 11.7. The SMILES string of the molecule is CCNC(=NCc1ccc(S(=O)(=O)N(C)C)cc1)N(C)Cc1ccc(OCC)cc1.I. The van der Waals surface area contributed by atoms with Crippen LogP contribution in [0.1, 0.15) is 25.0 Å². The van der Waals surface area contributed by atoms with E-state index in [-0.39, 0.29) is 28.9 Å².